The normalized spacial score (nSPS) is 14.3. The number of rotatable bonds is 7. The summed E-state index contributed by atoms with van der Waals surface area (Å²) in [5.41, 5.74) is 0.656. The fraction of sp³-hybridized carbons (Fsp3) is 0.421. The van der Waals surface area contributed by atoms with Crippen LogP contribution >= 0.6 is 0 Å². The molecular formula is C19H26N6O4S. The maximum Gasteiger partial charge on any atom is 0.321 e. The number of anilines is 3. The Morgan fingerprint density at radius 2 is 1.90 bits per heavy atom. The van der Waals surface area contributed by atoms with E-state index in [1.807, 2.05) is 17.0 Å². The van der Waals surface area contributed by atoms with Crippen LogP contribution < -0.4 is 19.7 Å². The predicted molar refractivity (Wildman–Crippen MR) is 116 cm³/mol. The number of ether oxygens (including phenoxy) is 1. The summed E-state index contributed by atoms with van der Waals surface area (Å²) in [4.78, 5) is 24.7. The molecule has 0 unspecified atom stereocenters. The smallest absolute Gasteiger partial charge is 0.321 e. The highest BCUT2D eigenvalue weighted by Crippen LogP contribution is 2.23. The van der Waals surface area contributed by atoms with E-state index in [1.54, 1.807) is 31.1 Å². The summed E-state index contributed by atoms with van der Waals surface area (Å²) < 4.78 is 31.9. The van der Waals surface area contributed by atoms with E-state index >= 15 is 0 Å². The minimum atomic E-state index is -3.47. The third-order valence-electron chi connectivity index (χ3n) is 4.59. The number of sulfonamides is 1. The van der Waals surface area contributed by atoms with E-state index in [0.717, 1.165) is 0 Å². The molecular weight excluding hydrogens is 408 g/mol. The van der Waals surface area contributed by atoms with E-state index in [9.17, 15) is 13.2 Å². The van der Waals surface area contributed by atoms with E-state index in [4.69, 9.17) is 4.74 Å². The first-order valence-electron chi connectivity index (χ1n) is 9.68. The molecule has 2 heterocycles. The number of carbonyl (C=O) groups excluding carboxylic acids is 1. The van der Waals surface area contributed by atoms with Gasteiger partial charge in [0.05, 0.1) is 12.9 Å². The van der Waals surface area contributed by atoms with Gasteiger partial charge in [-0.15, -0.1) is 0 Å². The zero-order valence-electron chi connectivity index (χ0n) is 17.0. The lowest BCUT2D eigenvalue weighted by molar-refractivity contribution is 0.208. The Morgan fingerprint density at radius 3 is 2.60 bits per heavy atom. The van der Waals surface area contributed by atoms with Gasteiger partial charge in [-0.05, 0) is 18.6 Å². The molecule has 0 aliphatic carbocycles. The van der Waals surface area contributed by atoms with Gasteiger partial charge in [-0.1, -0.05) is 13.0 Å². The Morgan fingerprint density at radius 1 is 1.17 bits per heavy atom. The molecule has 1 saturated heterocycles. The molecule has 1 aliphatic rings. The van der Waals surface area contributed by atoms with Crippen LogP contribution in [-0.4, -0.2) is 68.4 Å². The fourth-order valence-electron chi connectivity index (χ4n) is 3.13. The van der Waals surface area contributed by atoms with Gasteiger partial charge < -0.3 is 19.9 Å². The summed E-state index contributed by atoms with van der Waals surface area (Å²) in [6, 6.07) is 6.96. The van der Waals surface area contributed by atoms with Crippen molar-refractivity contribution in [1.29, 1.82) is 0 Å². The molecule has 2 amide bonds. The van der Waals surface area contributed by atoms with Crippen LogP contribution in [0.15, 0.2) is 36.7 Å². The number of methoxy groups -OCH3 is 1. The predicted octanol–water partition coefficient (Wildman–Crippen LogP) is 1.99. The van der Waals surface area contributed by atoms with Crippen LogP contribution in [0.3, 0.4) is 0 Å². The molecule has 1 aromatic heterocycles. The minimum Gasteiger partial charge on any atom is -0.497 e. The summed E-state index contributed by atoms with van der Waals surface area (Å²) in [7, 11) is -1.90. The Kier molecular flexibility index (Phi) is 6.93. The number of aromatic nitrogens is 2. The molecule has 11 heteroatoms. The first-order valence-corrected chi connectivity index (χ1v) is 11.3. The Hall–Kier alpha value is -3.08. The first-order chi connectivity index (χ1) is 14.4. The number of hydrogen-bond acceptors (Lipinski definition) is 7. The summed E-state index contributed by atoms with van der Waals surface area (Å²) in [6.45, 7) is 3.74. The van der Waals surface area contributed by atoms with Crippen molar-refractivity contribution in [3.05, 3.63) is 36.7 Å². The first kappa shape index (κ1) is 21.6. The third-order valence-corrected chi connectivity index (χ3v) is 6.04. The number of carbonyl (C=O) groups is 1. The average molecular weight is 435 g/mol. The van der Waals surface area contributed by atoms with Gasteiger partial charge in [0.15, 0.2) is 11.6 Å². The van der Waals surface area contributed by atoms with Crippen LogP contribution in [0.25, 0.3) is 0 Å². The molecule has 2 N–H and O–H groups in total. The number of nitrogens with one attached hydrogen (secondary N) is 2. The molecule has 1 aliphatic heterocycles. The summed E-state index contributed by atoms with van der Waals surface area (Å²) in [6.07, 6.45) is 3.48. The van der Waals surface area contributed by atoms with Crippen molar-refractivity contribution in [3.63, 3.8) is 0 Å². The molecule has 0 radical (unpaired) electrons. The van der Waals surface area contributed by atoms with E-state index in [-0.39, 0.29) is 17.6 Å². The van der Waals surface area contributed by atoms with Crippen LogP contribution in [-0.2, 0) is 10.0 Å². The van der Waals surface area contributed by atoms with Gasteiger partial charge in [-0.3, -0.25) is 4.72 Å². The summed E-state index contributed by atoms with van der Waals surface area (Å²) in [5.74, 6) is 1.35. The number of piperazine rings is 1. The third kappa shape index (κ3) is 5.50. The quantitative estimate of drug-likeness (QED) is 0.684. The van der Waals surface area contributed by atoms with Gasteiger partial charge in [0.25, 0.3) is 0 Å². The highest BCUT2D eigenvalue weighted by atomic mass is 32.2. The van der Waals surface area contributed by atoms with Crippen LogP contribution in [0.5, 0.6) is 5.75 Å². The van der Waals surface area contributed by atoms with Crippen LogP contribution in [0.2, 0.25) is 0 Å². The van der Waals surface area contributed by atoms with Crippen LogP contribution in [0.1, 0.15) is 13.3 Å². The monoisotopic (exact) mass is 434 g/mol. The van der Waals surface area contributed by atoms with Crippen molar-refractivity contribution < 1.29 is 17.9 Å². The molecule has 1 fully saturated rings. The molecule has 10 nitrogen and oxygen atoms in total. The Balaban J connectivity index is 1.62. The molecule has 1 aromatic carbocycles. The van der Waals surface area contributed by atoms with Crippen molar-refractivity contribution in [2.24, 2.45) is 0 Å². The van der Waals surface area contributed by atoms with Crippen LogP contribution in [0.4, 0.5) is 22.1 Å². The number of urea groups is 1. The maximum absolute atomic E-state index is 12.6. The highest BCUT2D eigenvalue weighted by Gasteiger charge is 2.25. The van der Waals surface area contributed by atoms with Gasteiger partial charge >= 0.3 is 6.03 Å². The molecule has 162 valence electrons. The summed E-state index contributed by atoms with van der Waals surface area (Å²) >= 11 is 0. The van der Waals surface area contributed by atoms with Crippen molar-refractivity contribution in [3.8, 4) is 5.75 Å². The molecule has 0 saturated carbocycles. The van der Waals surface area contributed by atoms with Gasteiger partial charge in [-0.2, -0.15) is 0 Å². The lowest BCUT2D eigenvalue weighted by Crippen LogP contribution is -2.50. The largest absolute Gasteiger partial charge is 0.497 e. The second-order valence-electron chi connectivity index (χ2n) is 6.79. The number of hydrogen-bond donors (Lipinski definition) is 2. The van der Waals surface area contributed by atoms with Gasteiger partial charge in [-0.25, -0.2) is 23.2 Å². The number of benzene rings is 1. The second-order valence-corrected chi connectivity index (χ2v) is 8.63. The number of nitrogens with zero attached hydrogens (tertiary/aromatic N) is 4. The topological polar surface area (TPSA) is 117 Å². The molecule has 30 heavy (non-hydrogen) atoms. The van der Waals surface area contributed by atoms with Crippen molar-refractivity contribution in [2.45, 2.75) is 13.3 Å². The van der Waals surface area contributed by atoms with E-state index in [2.05, 4.69) is 20.0 Å². The number of amides is 2. The van der Waals surface area contributed by atoms with Gasteiger partial charge in [0, 0.05) is 50.3 Å². The van der Waals surface area contributed by atoms with E-state index in [1.165, 1.54) is 12.4 Å². The molecule has 2 aromatic rings. The SMILES string of the molecule is CCCS(=O)(=O)Nc1nccnc1N1CCN(C(=O)Nc2cccc(OC)c2)CC1. The second kappa shape index (κ2) is 9.61. The van der Waals surface area contributed by atoms with E-state index < -0.39 is 10.0 Å². The molecule has 3 rings (SSSR count). The van der Waals surface area contributed by atoms with Crippen LogP contribution in [0, 0.1) is 0 Å². The van der Waals surface area contributed by atoms with Gasteiger partial charge in [0.2, 0.25) is 10.0 Å². The average Bonchev–Trinajstić information content (AvgIpc) is 2.74. The standard InChI is InChI=1S/C19H26N6O4S/c1-3-13-30(27,28)23-17-18(21-8-7-20-17)24-9-11-25(12-10-24)19(26)22-15-5-4-6-16(14-15)29-2/h4-8,14H,3,9-13H2,1-2H3,(H,20,23)(H,22,26). The lowest BCUT2D eigenvalue weighted by Gasteiger charge is -2.35. The van der Waals surface area contributed by atoms with E-state index in [0.29, 0.717) is 49.9 Å². The molecule has 0 spiro atoms. The van der Waals surface area contributed by atoms with Crippen molar-refractivity contribution in [2.75, 3.05) is 54.0 Å². The Bertz CT molecular complexity index is 976. The molecule has 0 atom stereocenters. The summed E-state index contributed by atoms with van der Waals surface area (Å²) in [5, 5.41) is 2.87. The fourth-order valence-corrected chi connectivity index (χ4v) is 4.20. The molecule has 0 bridgehead atoms. The highest BCUT2D eigenvalue weighted by molar-refractivity contribution is 7.92. The minimum absolute atomic E-state index is 0.0151. The Labute approximate surface area is 176 Å². The van der Waals surface area contributed by atoms with Crippen molar-refractivity contribution in [1.82, 2.24) is 14.9 Å². The maximum atomic E-state index is 12.6. The zero-order chi connectivity index (χ0) is 21.6. The van der Waals surface area contributed by atoms with Crippen molar-refractivity contribution >= 4 is 33.4 Å². The van der Waals surface area contributed by atoms with Gasteiger partial charge in [0.1, 0.15) is 5.75 Å². The lowest BCUT2D eigenvalue weighted by atomic mass is 10.3. The zero-order valence-corrected chi connectivity index (χ0v) is 17.9.